The number of nitrogens with two attached hydrogens (primary N) is 1. The van der Waals surface area contributed by atoms with Gasteiger partial charge in [0.1, 0.15) is 17.7 Å². The van der Waals surface area contributed by atoms with Crippen molar-refractivity contribution in [3.63, 3.8) is 0 Å². The van der Waals surface area contributed by atoms with Crippen molar-refractivity contribution in [2.45, 2.75) is 104 Å². The molecule has 1 saturated carbocycles. The number of rotatable bonds is 10. The van der Waals surface area contributed by atoms with Crippen LogP contribution in [0.5, 0.6) is 0 Å². The van der Waals surface area contributed by atoms with Gasteiger partial charge < -0.3 is 26.0 Å². The number of hydrogen-bond acceptors (Lipinski definition) is 5. The molecule has 36 heavy (non-hydrogen) atoms. The van der Waals surface area contributed by atoms with Crippen LogP contribution in [0.2, 0.25) is 0 Å². The van der Waals surface area contributed by atoms with Crippen LogP contribution in [0.15, 0.2) is 18.2 Å². The molecule has 0 spiro atoms. The number of benzene rings is 1. The van der Waals surface area contributed by atoms with Crippen molar-refractivity contribution in [3.05, 3.63) is 34.9 Å². The Hall–Kier alpha value is -3.10. The molecule has 9 heteroatoms. The van der Waals surface area contributed by atoms with E-state index in [1.54, 1.807) is 25.7 Å². The first-order valence-corrected chi connectivity index (χ1v) is 12.6. The summed E-state index contributed by atoms with van der Waals surface area (Å²) in [6.07, 6.45) is -0.149. The maximum atomic E-state index is 14.1. The van der Waals surface area contributed by atoms with E-state index in [4.69, 9.17) is 10.5 Å². The van der Waals surface area contributed by atoms with Crippen LogP contribution >= 0.6 is 0 Å². The van der Waals surface area contributed by atoms with Gasteiger partial charge in [0.2, 0.25) is 17.7 Å². The number of carbonyl (C=O) groups excluding carboxylic acids is 4. The SMILES string of the molecule is Cc1cccc(C)c1C(C(=O)NC(C)C)N(C(=O)C(CCC(N)=O)NC(=O)OC(C)(C)C)C1CC1C. The zero-order valence-electron chi connectivity index (χ0n) is 22.8. The maximum Gasteiger partial charge on any atom is 0.408 e. The second kappa shape index (κ2) is 11.8. The van der Waals surface area contributed by atoms with Crippen LogP contribution in [0.4, 0.5) is 4.79 Å². The summed E-state index contributed by atoms with van der Waals surface area (Å²) >= 11 is 0. The lowest BCUT2D eigenvalue weighted by Crippen LogP contribution is -2.54. The highest BCUT2D eigenvalue weighted by Crippen LogP contribution is 2.42. The van der Waals surface area contributed by atoms with Gasteiger partial charge in [0.25, 0.3) is 0 Å². The molecule has 1 aromatic rings. The van der Waals surface area contributed by atoms with Gasteiger partial charge in [-0.05, 0) is 83.9 Å². The number of aryl methyl sites for hydroxylation is 2. The van der Waals surface area contributed by atoms with Gasteiger partial charge >= 0.3 is 6.09 Å². The minimum absolute atomic E-state index is 0.00369. The second-order valence-corrected chi connectivity index (χ2v) is 11.1. The average molecular weight is 503 g/mol. The van der Waals surface area contributed by atoms with Crippen molar-refractivity contribution in [2.24, 2.45) is 11.7 Å². The summed E-state index contributed by atoms with van der Waals surface area (Å²) in [6, 6.07) is 3.45. The molecule has 0 bridgehead atoms. The molecule has 0 aromatic heterocycles. The standard InChI is InChI=1S/C27H42N4O5/c1-15(2)29-24(33)23(22-16(3)10-9-11-17(22)4)31(20-14-18(20)5)25(34)19(12-13-21(28)32)30-26(35)36-27(6,7)8/h9-11,15,18-20,23H,12-14H2,1-8H3,(H2,28,32)(H,29,33)(H,30,35). The molecule has 200 valence electrons. The van der Waals surface area contributed by atoms with Gasteiger partial charge in [-0.2, -0.15) is 0 Å². The molecule has 4 N–H and O–H groups in total. The summed E-state index contributed by atoms with van der Waals surface area (Å²) in [5, 5.41) is 5.60. The van der Waals surface area contributed by atoms with Crippen molar-refractivity contribution < 1.29 is 23.9 Å². The van der Waals surface area contributed by atoms with Crippen LogP contribution in [-0.4, -0.2) is 52.4 Å². The molecule has 1 aliphatic rings. The first-order valence-electron chi connectivity index (χ1n) is 12.6. The zero-order chi connectivity index (χ0) is 27.4. The lowest BCUT2D eigenvalue weighted by Gasteiger charge is -2.36. The lowest BCUT2D eigenvalue weighted by atomic mass is 9.93. The van der Waals surface area contributed by atoms with Crippen molar-refractivity contribution in [1.82, 2.24) is 15.5 Å². The van der Waals surface area contributed by atoms with E-state index in [9.17, 15) is 19.2 Å². The molecule has 0 heterocycles. The zero-order valence-corrected chi connectivity index (χ0v) is 22.8. The number of amides is 4. The Bertz CT molecular complexity index is 965. The van der Waals surface area contributed by atoms with E-state index in [0.717, 1.165) is 23.1 Å². The molecule has 0 radical (unpaired) electrons. The minimum atomic E-state index is -1.08. The third-order valence-corrected chi connectivity index (χ3v) is 6.12. The summed E-state index contributed by atoms with van der Waals surface area (Å²) in [6.45, 7) is 14.7. The monoisotopic (exact) mass is 502 g/mol. The number of alkyl carbamates (subject to hydrolysis) is 1. The highest BCUT2D eigenvalue weighted by atomic mass is 16.6. The van der Waals surface area contributed by atoms with Gasteiger partial charge in [0.15, 0.2) is 0 Å². The quantitative estimate of drug-likeness (QED) is 0.452. The Morgan fingerprint density at radius 2 is 1.67 bits per heavy atom. The number of nitrogens with zero attached hydrogens (tertiary/aromatic N) is 1. The Balaban J connectivity index is 2.56. The molecule has 0 aliphatic heterocycles. The largest absolute Gasteiger partial charge is 0.444 e. The van der Waals surface area contributed by atoms with Crippen LogP contribution in [0.25, 0.3) is 0 Å². The van der Waals surface area contributed by atoms with E-state index in [0.29, 0.717) is 0 Å². The van der Waals surface area contributed by atoms with Crippen molar-refractivity contribution >= 4 is 23.8 Å². The van der Waals surface area contributed by atoms with E-state index in [1.165, 1.54) is 0 Å². The van der Waals surface area contributed by atoms with E-state index in [2.05, 4.69) is 10.6 Å². The molecule has 1 fully saturated rings. The summed E-state index contributed by atoms with van der Waals surface area (Å²) < 4.78 is 5.37. The number of primary amides is 1. The van der Waals surface area contributed by atoms with Crippen molar-refractivity contribution in [3.8, 4) is 0 Å². The topological polar surface area (TPSA) is 131 Å². The molecule has 9 nitrogen and oxygen atoms in total. The van der Waals surface area contributed by atoms with Gasteiger partial charge in [-0.25, -0.2) is 4.79 Å². The number of carbonyl (C=O) groups is 4. The Morgan fingerprint density at radius 3 is 2.11 bits per heavy atom. The fraction of sp³-hybridized carbons (Fsp3) is 0.630. The molecule has 1 aromatic carbocycles. The van der Waals surface area contributed by atoms with Crippen LogP contribution in [0.1, 0.15) is 83.5 Å². The molecule has 0 saturated heterocycles. The molecular formula is C27H42N4O5. The predicted molar refractivity (Wildman–Crippen MR) is 138 cm³/mol. The minimum Gasteiger partial charge on any atom is -0.444 e. The summed E-state index contributed by atoms with van der Waals surface area (Å²) in [5.74, 6) is -1.14. The Labute approximate surface area is 214 Å². The van der Waals surface area contributed by atoms with Crippen LogP contribution < -0.4 is 16.4 Å². The number of ether oxygens (including phenoxy) is 1. The first kappa shape index (κ1) is 29.1. The van der Waals surface area contributed by atoms with Crippen molar-refractivity contribution in [2.75, 3.05) is 0 Å². The molecule has 4 amide bonds. The van der Waals surface area contributed by atoms with Crippen molar-refractivity contribution in [1.29, 1.82) is 0 Å². The second-order valence-electron chi connectivity index (χ2n) is 11.1. The third-order valence-electron chi connectivity index (χ3n) is 6.12. The summed E-state index contributed by atoms with van der Waals surface area (Å²) in [5.41, 5.74) is 7.13. The Kier molecular flexibility index (Phi) is 9.51. The van der Waals surface area contributed by atoms with Gasteiger partial charge in [0.05, 0.1) is 0 Å². The third kappa shape index (κ3) is 7.96. The van der Waals surface area contributed by atoms with E-state index < -0.39 is 35.6 Å². The van der Waals surface area contributed by atoms with E-state index in [-0.39, 0.29) is 36.8 Å². The molecule has 1 aliphatic carbocycles. The van der Waals surface area contributed by atoms with Crippen LogP contribution in [-0.2, 0) is 19.1 Å². The fourth-order valence-electron chi connectivity index (χ4n) is 4.36. The number of hydrogen-bond donors (Lipinski definition) is 3. The molecule has 2 rings (SSSR count). The normalized spacial score (nSPS) is 18.7. The summed E-state index contributed by atoms with van der Waals surface area (Å²) in [4.78, 5) is 53.6. The van der Waals surface area contributed by atoms with E-state index in [1.807, 2.05) is 52.8 Å². The predicted octanol–water partition coefficient (Wildman–Crippen LogP) is 3.26. The van der Waals surface area contributed by atoms with Gasteiger partial charge in [-0.3, -0.25) is 14.4 Å². The van der Waals surface area contributed by atoms with Crippen LogP contribution in [0, 0.1) is 19.8 Å². The molecule has 4 unspecified atom stereocenters. The highest BCUT2D eigenvalue weighted by Gasteiger charge is 2.48. The highest BCUT2D eigenvalue weighted by molar-refractivity contribution is 5.93. The van der Waals surface area contributed by atoms with Gasteiger partial charge in [0, 0.05) is 18.5 Å². The summed E-state index contributed by atoms with van der Waals surface area (Å²) in [7, 11) is 0. The van der Waals surface area contributed by atoms with Gasteiger partial charge in [-0.15, -0.1) is 0 Å². The Morgan fingerprint density at radius 1 is 1.11 bits per heavy atom. The fourth-order valence-corrected chi connectivity index (χ4v) is 4.36. The first-order chi connectivity index (χ1) is 16.6. The maximum absolute atomic E-state index is 14.1. The van der Waals surface area contributed by atoms with Gasteiger partial charge in [-0.1, -0.05) is 25.1 Å². The smallest absolute Gasteiger partial charge is 0.408 e. The lowest BCUT2D eigenvalue weighted by molar-refractivity contribution is -0.144. The van der Waals surface area contributed by atoms with E-state index >= 15 is 0 Å². The molecule has 4 atom stereocenters. The average Bonchev–Trinajstić information content (AvgIpc) is 3.43. The van der Waals surface area contributed by atoms with Crippen LogP contribution in [0.3, 0.4) is 0 Å². The number of nitrogens with one attached hydrogen (secondary N) is 2. The molecular weight excluding hydrogens is 460 g/mol.